The van der Waals surface area contributed by atoms with Gasteiger partial charge in [-0.25, -0.2) is 0 Å². The number of nitro groups is 1. The summed E-state index contributed by atoms with van der Waals surface area (Å²) in [5.41, 5.74) is 2.05. The fourth-order valence-electron chi connectivity index (χ4n) is 3.03. The lowest BCUT2D eigenvalue weighted by atomic mass is 10.1. The van der Waals surface area contributed by atoms with Gasteiger partial charge in [0.2, 0.25) is 0 Å². The number of Topliss-reactive ketones (excluding diaryl/α,β-unsaturated/α-hetero) is 1. The number of ketones is 1. The topological polar surface area (TPSA) is 66.7 Å². The first-order chi connectivity index (χ1) is 12.1. The number of piperazine rings is 1. The molecule has 0 bridgehead atoms. The summed E-state index contributed by atoms with van der Waals surface area (Å²) >= 11 is 1.08. The van der Waals surface area contributed by atoms with Crippen LogP contribution in [0.5, 0.6) is 0 Å². The van der Waals surface area contributed by atoms with Crippen LogP contribution in [0, 0.1) is 10.1 Å². The number of carbonyl (C=O) groups is 1. The van der Waals surface area contributed by atoms with E-state index in [9.17, 15) is 14.9 Å². The van der Waals surface area contributed by atoms with Crippen LogP contribution in [0.1, 0.15) is 11.1 Å². The number of hydrogen-bond acceptors (Lipinski definition) is 6. The van der Waals surface area contributed by atoms with E-state index < -0.39 is 4.92 Å². The van der Waals surface area contributed by atoms with Crippen molar-refractivity contribution in [2.75, 3.05) is 32.7 Å². The van der Waals surface area contributed by atoms with Crippen molar-refractivity contribution in [3.63, 3.8) is 0 Å². The predicted molar refractivity (Wildman–Crippen MR) is 97.8 cm³/mol. The zero-order valence-electron chi connectivity index (χ0n) is 14.0. The molecule has 1 aliphatic rings. The van der Waals surface area contributed by atoms with Gasteiger partial charge < -0.3 is 0 Å². The molecule has 6 nitrogen and oxygen atoms in total. The molecule has 1 fully saturated rings. The van der Waals surface area contributed by atoms with E-state index in [-0.39, 0.29) is 17.2 Å². The molecule has 0 spiro atoms. The van der Waals surface area contributed by atoms with Gasteiger partial charge in [-0.15, -0.1) is 0 Å². The first-order valence-corrected chi connectivity index (χ1v) is 9.20. The monoisotopic (exact) mass is 359 g/mol. The summed E-state index contributed by atoms with van der Waals surface area (Å²) in [5, 5.41) is 12.5. The summed E-state index contributed by atoms with van der Waals surface area (Å²) in [6.07, 6.45) is 0.272. The summed E-state index contributed by atoms with van der Waals surface area (Å²) in [6.45, 7) is 5.02. The zero-order chi connectivity index (χ0) is 17.6. The lowest BCUT2D eigenvalue weighted by Gasteiger charge is -2.34. The normalized spacial score (nSPS) is 16.0. The van der Waals surface area contributed by atoms with Gasteiger partial charge in [0, 0.05) is 50.6 Å². The molecule has 1 aliphatic heterocycles. The van der Waals surface area contributed by atoms with E-state index in [1.165, 1.54) is 11.6 Å². The zero-order valence-corrected chi connectivity index (χ0v) is 14.8. The summed E-state index contributed by atoms with van der Waals surface area (Å²) < 4.78 is 0. The highest BCUT2D eigenvalue weighted by molar-refractivity contribution is 7.13. The second-order valence-corrected chi connectivity index (χ2v) is 7.19. The Labute approximate surface area is 150 Å². The van der Waals surface area contributed by atoms with Gasteiger partial charge in [-0.1, -0.05) is 41.7 Å². The molecule has 0 unspecified atom stereocenters. The summed E-state index contributed by atoms with van der Waals surface area (Å²) in [5.74, 6) is 0.115. The van der Waals surface area contributed by atoms with Crippen LogP contribution >= 0.6 is 11.3 Å². The van der Waals surface area contributed by atoms with Crippen LogP contribution in [0.2, 0.25) is 0 Å². The van der Waals surface area contributed by atoms with E-state index in [0.29, 0.717) is 6.54 Å². The van der Waals surface area contributed by atoms with Gasteiger partial charge in [0.25, 0.3) is 0 Å². The lowest BCUT2D eigenvalue weighted by molar-refractivity contribution is -0.380. The number of nitrogens with zero attached hydrogens (tertiary/aromatic N) is 3. The molecule has 0 N–H and O–H groups in total. The van der Waals surface area contributed by atoms with Crippen LogP contribution in [0.4, 0.5) is 5.00 Å². The highest BCUT2D eigenvalue weighted by Gasteiger charge is 2.20. The van der Waals surface area contributed by atoms with Crippen molar-refractivity contribution < 1.29 is 9.72 Å². The van der Waals surface area contributed by atoms with Crippen LogP contribution in [0.15, 0.2) is 41.8 Å². The first kappa shape index (κ1) is 17.7. The molecular formula is C18H21N3O3S. The average molecular weight is 359 g/mol. The van der Waals surface area contributed by atoms with Crippen molar-refractivity contribution in [3.05, 3.63) is 63.0 Å². The Balaban J connectivity index is 1.42. The standard InChI is InChI=1S/C18H21N3O3S/c22-17(10-16-11-18(21(23)24)25-14-16)13-20-8-6-19(7-9-20)12-15-4-2-1-3-5-15/h1-5,11,14H,6-10,12-13H2. The Bertz CT molecular complexity index is 724. The number of benzene rings is 1. The molecule has 0 saturated carbocycles. The van der Waals surface area contributed by atoms with Crippen LogP contribution in [0.25, 0.3) is 0 Å². The van der Waals surface area contributed by atoms with E-state index in [1.54, 1.807) is 5.38 Å². The highest BCUT2D eigenvalue weighted by Crippen LogP contribution is 2.23. The van der Waals surface area contributed by atoms with Crippen molar-refractivity contribution in [2.45, 2.75) is 13.0 Å². The van der Waals surface area contributed by atoms with Gasteiger partial charge in [-0.05, 0) is 11.1 Å². The number of carbonyl (C=O) groups excluding carboxylic acids is 1. The molecule has 2 aromatic rings. The molecule has 0 amide bonds. The van der Waals surface area contributed by atoms with Crippen molar-refractivity contribution in [3.8, 4) is 0 Å². The second kappa shape index (κ2) is 8.33. The van der Waals surface area contributed by atoms with Crippen LogP contribution in [-0.4, -0.2) is 53.2 Å². The molecule has 0 aliphatic carbocycles. The van der Waals surface area contributed by atoms with E-state index in [2.05, 4.69) is 34.1 Å². The average Bonchev–Trinajstić information content (AvgIpc) is 3.06. The third-order valence-electron chi connectivity index (χ3n) is 4.34. The quantitative estimate of drug-likeness (QED) is 0.561. The van der Waals surface area contributed by atoms with E-state index in [0.717, 1.165) is 49.6 Å². The maximum Gasteiger partial charge on any atom is 0.324 e. The molecule has 1 aromatic carbocycles. The summed E-state index contributed by atoms with van der Waals surface area (Å²) in [4.78, 5) is 27.1. The predicted octanol–water partition coefficient (Wildman–Crippen LogP) is 2.59. The molecule has 0 atom stereocenters. The fourth-order valence-corrected chi connectivity index (χ4v) is 3.76. The van der Waals surface area contributed by atoms with Crippen LogP contribution in [0.3, 0.4) is 0 Å². The van der Waals surface area contributed by atoms with Gasteiger partial charge in [0.05, 0.1) is 11.5 Å². The van der Waals surface area contributed by atoms with Crippen molar-refractivity contribution in [2.24, 2.45) is 0 Å². The van der Waals surface area contributed by atoms with Gasteiger partial charge in [0.15, 0.2) is 5.78 Å². The van der Waals surface area contributed by atoms with Crippen molar-refractivity contribution >= 4 is 22.1 Å². The van der Waals surface area contributed by atoms with E-state index in [1.807, 2.05) is 6.07 Å². The molecule has 3 rings (SSSR count). The third-order valence-corrected chi connectivity index (χ3v) is 5.26. The molecule has 1 aromatic heterocycles. The number of thiophene rings is 1. The fraction of sp³-hybridized carbons (Fsp3) is 0.389. The molecule has 7 heteroatoms. The second-order valence-electron chi connectivity index (χ2n) is 6.30. The minimum Gasteiger partial charge on any atom is -0.298 e. The van der Waals surface area contributed by atoms with E-state index in [4.69, 9.17) is 0 Å². The smallest absolute Gasteiger partial charge is 0.298 e. The lowest BCUT2D eigenvalue weighted by Crippen LogP contribution is -2.47. The number of rotatable bonds is 7. The van der Waals surface area contributed by atoms with Crippen LogP contribution < -0.4 is 0 Å². The Morgan fingerprint density at radius 2 is 1.76 bits per heavy atom. The maximum atomic E-state index is 12.2. The third kappa shape index (κ3) is 5.19. The van der Waals surface area contributed by atoms with Gasteiger partial charge in [-0.2, -0.15) is 0 Å². The molecule has 25 heavy (non-hydrogen) atoms. The van der Waals surface area contributed by atoms with Crippen molar-refractivity contribution in [1.82, 2.24) is 9.80 Å². The van der Waals surface area contributed by atoms with E-state index >= 15 is 0 Å². The first-order valence-electron chi connectivity index (χ1n) is 8.32. The highest BCUT2D eigenvalue weighted by atomic mass is 32.1. The Kier molecular flexibility index (Phi) is 5.91. The minimum absolute atomic E-state index is 0.0947. The Morgan fingerprint density at radius 1 is 1.08 bits per heavy atom. The minimum atomic E-state index is -0.412. The Hall–Kier alpha value is -2.09. The largest absolute Gasteiger partial charge is 0.324 e. The van der Waals surface area contributed by atoms with Gasteiger partial charge in [0.1, 0.15) is 0 Å². The molecular weight excluding hydrogens is 338 g/mol. The van der Waals surface area contributed by atoms with Gasteiger partial charge >= 0.3 is 5.00 Å². The Morgan fingerprint density at radius 3 is 2.40 bits per heavy atom. The van der Waals surface area contributed by atoms with Gasteiger partial charge in [-0.3, -0.25) is 24.7 Å². The summed E-state index contributed by atoms with van der Waals surface area (Å²) in [7, 11) is 0. The summed E-state index contributed by atoms with van der Waals surface area (Å²) in [6, 6.07) is 11.9. The maximum absolute atomic E-state index is 12.2. The van der Waals surface area contributed by atoms with Crippen LogP contribution in [-0.2, 0) is 17.8 Å². The molecule has 132 valence electrons. The van der Waals surface area contributed by atoms with Crippen molar-refractivity contribution in [1.29, 1.82) is 0 Å². The molecule has 2 heterocycles. The number of hydrogen-bond donors (Lipinski definition) is 0. The molecule has 0 radical (unpaired) electrons. The molecule has 1 saturated heterocycles. The SMILES string of the molecule is O=C(Cc1csc([N+](=O)[O-])c1)CN1CCN(Cc2ccccc2)CC1.